The Balaban J connectivity index is 1.09. The summed E-state index contributed by atoms with van der Waals surface area (Å²) in [4.78, 5) is 19.9. The lowest BCUT2D eigenvalue weighted by molar-refractivity contribution is 1.07. The first-order valence-corrected chi connectivity index (χ1v) is 20.3. The lowest BCUT2D eigenvalue weighted by Crippen LogP contribution is -2.04. The Labute approximate surface area is 359 Å². The molecule has 0 spiro atoms. The monoisotopic (exact) mass is 790 g/mol. The fraction of sp³-hybridized carbons (Fsp3) is 0. The summed E-state index contributed by atoms with van der Waals surface area (Å²) in [5, 5.41) is 4.33. The van der Waals surface area contributed by atoms with E-state index in [0.717, 1.165) is 38.6 Å². The molecule has 12 aromatic rings. The van der Waals surface area contributed by atoms with Gasteiger partial charge in [-0.05, 0) is 76.1 Å². The van der Waals surface area contributed by atoms with Crippen molar-refractivity contribution in [1.29, 1.82) is 0 Å². The molecule has 0 fully saturated rings. The minimum atomic E-state index is -0.466. The van der Waals surface area contributed by atoms with Crippen LogP contribution < -0.4 is 0 Å². The number of pyridine rings is 1. The molecule has 280 valence electrons. The van der Waals surface area contributed by atoms with Gasteiger partial charge in [0.1, 0.15) is 0 Å². The van der Waals surface area contributed by atoms with Crippen LogP contribution in [0.3, 0.4) is 0 Å². The summed E-state index contributed by atoms with van der Waals surface area (Å²) in [7, 11) is 0. The molecular formula is C54H33N5S. The Kier molecular flexibility index (Phi) is 6.45. The van der Waals surface area contributed by atoms with E-state index >= 15 is 0 Å². The van der Waals surface area contributed by atoms with Crippen molar-refractivity contribution in [3.05, 3.63) is 200 Å². The first-order valence-electron chi connectivity index (χ1n) is 23.0. The van der Waals surface area contributed by atoms with Gasteiger partial charge in [-0.2, -0.15) is 0 Å². The van der Waals surface area contributed by atoms with Gasteiger partial charge in [0.2, 0.25) is 0 Å². The number of nitrogens with zero attached hydrogens (tertiary/aromatic N) is 5. The van der Waals surface area contributed by atoms with Crippen LogP contribution in [-0.2, 0) is 0 Å². The summed E-state index contributed by atoms with van der Waals surface area (Å²) in [6, 6.07) is 45.8. The second-order valence-corrected chi connectivity index (χ2v) is 15.6. The van der Waals surface area contributed by atoms with Gasteiger partial charge < -0.3 is 4.57 Å². The molecule has 0 aliphatic heterocycles. The molecule has 0 amide bonds. The number of rotatable bonds is 6. The average Bonchev–Trinajstić information content (AvgIpc) is 3.94. The third kappa shape index (κ3) is 5.61. The third-order valence-corrected chi connectivity index (χ3v) is 12.3. The molecule has 0 unspecified atom stereocenters. The Morgan fingerprint density at radius 2 is 1.17 bits per heavy atom. The maximum absolute atomic E-state index is 9.18. The number of hydrogen-bond acceptors (Lipinski definition) is 5. The van der Waals surface area contributed by atoms with Crippen LogP contribution in [0, 0.1) is 0 Å². The molecule has 0 aliphatic carbocycles. The van der Waals surface area contributed by atoms with Gasteiger partial charge in [0, 0.05) is 65.4 Å². The van der Waals surface area contributed by atoms with Gasteiger partial charge in [-0.15, -0.1) is 11.3 Å². The van der Waals surface area contributed by atoms with E-state index < -0.39 is 12.1 Å². The van der Waals surface area contributed by atoms with Crippen molar-refractivity contribution in [3.63, 3.8) is 0 Å². The van der Waals surface area contributed by atoms with Gasteiger partial charge in [0.25, 0.3) is 0 Å². The average molecular weight is 791 g/mol. The predicted molar refractivity (Wildman–Crippen MR) is 250 cm³/mol. The standard InChI is InChI=1S/C54H33N5S/c1-2-13-34(14-3-1)35-27-28-50-46(32-35)43-22-12-21-40(51(43)60-50)36-15-10-16-37(31-36)52-56-53(44-23-11-17-38-33-55-30-29-39(38)44)58-54(57-52)45-20-6-9-26-49(45)59-47-24-7-4-18-41(47)42-19-5-8-25-48(42)59/h1-33H/i4D,5D,7D,18D,19D,24D,25D. The van der Waals surface area contributed by atoms with Crippen LogP contribution in [0.4, 0.5) is 0 Å². The van der Waals surface area contributed by atoms with E-state index in [0.29, 0.717) is 22.9 Å². The van der Waals surface area contributed by atoms with Crippen molar-refractivity contribution in [1.82, 2.24) is 24.5 Å². The third-order valence-electron chi connectivity index (χ3n) is 11.1. The highest BCUT2D eigenvalue weighted by Crippen LogP contribution is 2.42. The molecule has 0 atom stereocenters. The zero-order chi connectivity index (χ0) is 45.7. The second kappa shape index (κ2) is 13.9. The number of aromatic nitrogens is 5. The zero-order valence-corrected chi connectivity index (χ0v) is 32.5. The van der Waals surface area contributed by atoms with Crippen molar-refractivity contribution in [3.8, 4) is 62.1 Å². The second-order valence-electron chi connectivity index (χ2n) is 14.5. The van der Waals surface area contributed by atoms with Crippen molar-refractivity contribution in [2.75, 3.05) is 0 Å². The summed E-state index contributed by atoms with van der Waals surface area (Å²) in [5.74, 6) is 1.07. The van der Waals surface area contributed by atoms with Crippen molar-refractivity contribution >= 4 is 64.1 Å². The Morgan fingerprint density at radius 3 is 2.10 bits per heavy atom. The van der Waals surface area contributed by atoms with E-state index in [1.165, 1.54) is 31.8 Å². The smallest absolute Gasteiger partial charge is 0.166 e. The minimum Gasteiger partial charge on any atom is -0.309 e. The van der Waals surface area contributed by atoms with Crippen LogP contribution in [0.15, 0.2) is 200 Å². The Bertz CT molecular complexity index is 4030. The maximum atomic E-state index is 9.18. The van der Waals surface area contributed by atoms with Crippen LogP contribution in [0.1, 0.15) is 9.60 Å². The first kappa shape index (κ1) is 27.8. The molecule has 0 saturated carbocycles. The zero-order valence-electron chi connectivity index (χ0n) is 38.7. The molecule has 4 heterocycles. The quantitative estimate of drug-likeness (QED) is 0.168. The molecule has 6 heteroatoms. The van der Waals surface area contributed by atoms with Gasteiger partial charge in [-0.25, -0.2) is 15.0 Å². The minimum absolute atomic E-state index is 0.0619. The van der Waals surface area contributed by atoms with Crippen LogP contribution in [0.2, 0.25) is 0 Å². The highest BCUT2D eigenvalue weighted by atomic mass is 32.1. The highest BCUT2D eigenvalue weighted by Gasteiger charge is 2.20. The molecule has 8 aromatic carbocycles. The molecule has 4 aromatic heterocycles. The largest absolute Gasteiger partial charge is 0.309 e. The van der Waals surface area contributed by atoms with E-state index in [1.54, 1.807) is 40.4 Å². The van der Waals surface area contributed by atoms with Gasteiger partial charge in [-0.3, -0.25) is 4.98 Å². The number of para-hydroxylation sites is 3. The summed E-state index contributed by atoms with van der Waals surface area (Å²) < 4.78 is 66.1. The molecule has 0 N–H and O–H groups in total. The lowest BCUT2D eigenvalue weighted by Gasteiger charge is -2.15. The summed E-state index contributed by atoms with van der Waals surface area (Å²) in [6.07, 6.45) is 3.53. The van der Waals surface area contributed by atoms with Gasteiger partial charge >= 0.3 is 0 Å². The lowest BCUT2D eigenvalue weighted by atomic mass is 9.99. The van der Waals surface area contributed by atoms with Crippen LogP contribution in [-0.4, -0.2) is 24.5 Å². The van der Waals surface area contributed by atoms with E-state index in [2.05, 4.69) is 77.8 Å². The fourth-order valence-corrected chi connectivity index (χ4v) is 9.51. The van der Waals surface area contributed by atoms with Gasteiger partial charge in [0.15, 0.2) is 17.5 Å². The summed E-state index contributed by atoms with van der Waals surface area (Å²) >= 11 is 1.77. The maximum Gasteiger partial charge on any atom is 0.166 e. The number of thiophene rings is 1. The van der Waals surface area contributed by atoms with E-state index in [-0.39, 0.29) is 57.8 Å². The highest BCUT2D eigenvalue weighted by molar-refractivity contribution is 7.26. The molecule has 5 nitrogen and oxygen atoms in total. The number of fused-ring (bicyclic) bond motifs is 7. The molecule has 0 aliphatic rings. The molecular weight excluding hydrogens is 751 g/mol. The molecule has 60 heavy (non-hydrogen) atoms. The Morgan fingerprint density at radius 1 is 0.450 bits per heavy atom. The normalized spacial score (nSPS) is 13.3. The van der Waals surface area contributed by atoms with Crippen LogP contribution in [0.25, 0.3) is 115 Å². The molecule has 0 saturated heterocycles. The molecule has 0 radical (unpaired) electrons. The summed E-state index contributed by atoms with van der Waals surface area (Å²) in [6.45, 7) is 0. The predicted octanol–water partition coefficient (Wildman–Crippen LogP) is 14.2. The summed E-state index contributed by atoms with van der Waals surface area (Å²) in [5.41, 5.74) is 7.05. The SMILES string of the molecule is [2H]c1cc([2H])c2c(c1[2H])c1c([2H])c([2H])c([2H])c([2H])c1n2-c1ccccc1-c1nc(-c2cccc(-c3cccc4c3sc3ccc(-c5ccccc5)cc34)c2)nc(-c2cccc3cnccc23)n1. The van der Waals surface area contributed by atoms with Crippen molar-refractivity contribution in [2.24, 2.45) is 0 Å². The van der Waals surface area contributed by atoms with E-state index in [9.17, 15) is 1.37 Å². The number of benzene rings is 8. The first-order chi connectivity index (χ1) is 32.6. The van der Waals surface area contributed by atoms with Gasteiger partial charge in [-0.1, -0.05) is 139 Å². The van der Waals surface area contributed by atoms with Crippen molar-refractivity contribution < 1.29 is 9.60 Å². The topological polar surface area (TPSA) is 56.5 Å². The molecule has 12 rings (SSSR count). The van der Waals surface area contributed by atoms with Crippen molar-refractivity contribution in [2.45, 2.75) is 0 Å². The van der Waals surface area contributed by atoms with Crippen LogP contribution >= 0.6 is 11.3 Å². The van der Waals surface area contributed by atoms with E-state index in [1.807, 2.05) is 54.6 Å². The van der Waals surface area contributed by atoms with Crippen LogP contribution in [0.5, 0.6) is 0 Å². The number of hydrogen-bond donors (Lipinski definition) is 0. The van der Waals surface area contributed by atoms with E-state index in [4.69, 9.17) is 23.2 Å². The molecule has 0 bridgehead atoms. The van der Waals surface area contributed by atoms with Gasteiger partial charge in [0.05, 0.1) is 26.3 Å². The fourth-order valence-electron chi connectivity index (χ4n) is 8.29. The Hall–Kier alpha value is -7.80.